The molecule has 6 nitrogen and oxygen atoms in total. The highest BCUT2D eigenvalue weighted by Gasteiger charge is 2.03. The van der Waals surface area contributed by atoms with E-state index in [2.05, 4.69) is 20.0 Å². The van der Waals surface area contributed by atoms with Crippen molar-refractivity contribution >= 4 is 24.2 Å². The van der Waals surface area contributed by atoms with Gasteiger partial charge in [-0.3, -0.25) is 9.98 Å². The van der Waals surface area contributed by atoms with E-state index in [9.17, 15) is 0 Å². The van der Waals surface area contributed by atoms with Gasteiger partial charge in [-0.15, -0.1) is 0 Å². The van der Waals surface area contributed by atoms with Crippen LogP contribution in [0.3, 0.4) is 0 Å². The molecule has 0 amide bonds. The third kappa shape index (κ3) is 3.45. The largest absolute Gasteiger partial charge is 0.475 e. The van der Waals surface area contributed by atoms with Crippen LogP contribution in [-0.4, -0.2) is 63.6 Å². The minimum atomic E-state index is 0.617. The molecule has 2 rings (SSSR count). The topological polar surface area (TPSA) is 67.9 Å². The van der Waals surface area contributed by atoms with Gasteiger partial charge in [0.25, 0.3) is 0 Å². The Balaban J connectivity index is 1.60. The van der Waals surface area contributed by atoms with Gasteiger partial charge in [-0.1, -0.05) is 0 Å². The molecule has 0 bridgehead atoms. The van der Waals surface area contributed by atoms with Crippen molar-refractivity contribution < 1.29 is 9.47 Å². The van der Waals surface area contributed by atoms with Gasteiger partial charge in [0.2, 0.25) is 11.8 Å². The SMILES string of the molecule is C(=N\CC/N=C/C1=NCCO1)/C1=NCCO1. The Hall–Kier alpha value is -1.72. The molecule has 16 heavy (non-hydrogen) atoms. The first-order valence-electron chi connectivity index (χ1n) is 5.29. The third-order valence-electron chi connectivity index (χ3n) is 1.98. The summed E-state index contributed by atoms with van der Waals surface area (Å²) in [5, 5.41) is 0. The lowest BCUT2D eigenvalue weighted by Gasteiger charge is -1.93. The van der Waals surface area contributed by atoms with Crippen LogP contribution in [0.25, 0.3) is 0 Å². The van der Waals surface area contributed by atoms with Crippen molar-refractivity contribution in [1.82, 2.24) is 0 Å². The molecule has 0 fully saturated rings. The van der Waals surface area contributed by atoms with E-state index >= 15 is 0 Å². The zero-order valence-electron chi connectivity index (χ0n) is 9.00. The maximum Gasteiger partial charge on any atom is 0.227 e. The fraction of sp³-hybridized carbons (Fsp3) is 0.600. The Morgan fingerprint density at radius 1 is 0.938 bits per heavy atom. The van der Waals surface area contributed by atoms with Gasteiger partial charge >= 0.3 is 0 Å². The fourth-order valence-electron chi connectivity index (χ4n) is 1.26. The van der Waals surface area contributed by atoms with Crippen molar-refractivity contribution in [3.8, 4) is 0 Å². The standard InChI is InChI=1S/C10H14N4O2/c1(11-7-9-13-3-5-15-9)2-12-8-10-14-4-6-16-10/h7-8H,1-6H2/b11-7+,12-8+. The van der Waals surface area contributed by atoms with E-state index in [1.54, 1.807) is 12.4 Å². The zero-order chi connectivity index (χ0) is 11.1. The summed E-state index contributed by atoms with van der Waals surface area (Å²) in [6.07, 6.45) is 3.29. The second-order valence-corrected chi connectivity index (χ2v) is 3.21. The van der Waals surface area contributed by atoms with Gasteiger partial charge in [-0.2, -0.15) is 0 Å². The summed E-state index contributed by atoms with van der Waals surface area (Å²) in [7, 11) is 0. The Kier molecular flexibility index (Phi) is 4.04. The number of ether oxygens (including phenoxy) is 2. The first kappa shape index (κ1) is 10.8. The van der Waals surface area contributed by atoms with Crippen molar-refractivity contribution in [1.29, 1.82) is 0 Å². The van der Waals surface area contributed by atoms with Crippen LogP contribution in [0.15, 0.2) is 20.0 Å². The van der Waals surface area contributed by atoms with Crippen LogP contribution in [0.1, 0.15) is 0 Å². The van der Waals surface area contributed by atoms with Crippen LogP contribution < -0.4 is 0 Å². The summed E-state index contributed by atoms with van der Waals surface area (Å²) in [6, 6.07) is 0. The predicted molar refractivity (Wildman–Crippen MR) is 63.2 cm³/mol. The summed E-state index contributed by atoms with van der Waals surface area (Å²) in [6.45, 7) is 4.03. The molecule has 0 aromatic carbocycles. The quantitative estimate of drug-likeness (QED) is 0.485. The second kappa shape index (κ2) is 5.99. The molecule has 0 aromatic heterocycles. The molecule has 0 atom stereocenters. The summed E-state index contributed by atoms with van der Waals surface area (Å²) in [4.78, 5) is 16.5. The minimum absolute atomic E-state index is 0.617. The maximum absolute atomic E-state index is 5.16. The van der Waals surface area contributed by atoms with E-state index in [4.69, 9.17) is 9.47 Å². The molecule has 2 aliphatic rings. The van der Waals surface area contributed by atoms with Crippen molar-refractivity contribution in [2.24, 2.45) is 20.0 Å². The number of rotatable bonds is 5. The highest BCUT2D eigenvalue weighted by Crippen LogP contribution is 1.92. The van der Waals surface area contributed by atoms with Crippen molar-refractivity contribution in [2.45, 2.75) is 0 Å². The number of nitrogens with zero attached hydrogens (tertiary/aromatic N) is 4. The van der Waals surface area contributed by atoms with E-state index in [1.807, 2.05) is 0 Å². The first-order chi connectivity index (χ1) is 7.95. The third-order valence-corrected chi connectivity index (χ3v) is 1.98. The lowest BCUT2D eigenvalue weighted by molar-refractivity contribution is 0.353. The Labute approximate surface area is 93.8 Å². The lowest BCUT2D eigenvalue weighted by Crippen LogP contribution is -2.02. The first-order valence-corrected chi connectivity index (χ1v) is 5.29. The van der Waals surface area contributed by atoms with Gasteiger partial charge in [-0.25, -0.2) is 9.98 Å². The Bertz CT molecular complexity index is 313. The fourth-order valence-corrected chi connectivity index (χ4v) is 1.26. The van der Waals surface area contributed by atoms with Crippen LogP contribution in [0.2, 0.25) is 0 Å². The van der Waals surface area contributed by atoms with E-state index < -0.39 is 0 Å². The normalized spacial score (nSPS) is 20.0. The van der Waals surface area contributed by atoms with Crippen LogP contribution in [0.5, 0.6) is 0 Å². The maximum atomic E-state index is 5.16. The van der Waals surface area contributed by atoms with Gasteiger partial charge in [-0.05, 0) is 0 Å². The van der Waals surface area contributed by atoms with Crippen LogP contribution in [0, 0.1) is 0 Å². The van der Waals surface area contributed by atoms with Crippen LogP contribution in [0.4, 0.5) is 0 Å². The molecular weight excluding hydrogens is 208 g/mol. The Morgan fingerprint density at radius 2 is 1.44 bits per heavy atom. The van der Waals surface area contributed by atoms with Crippen molar-refractivity contribution in [3.05, 3.63) is 0 Å². The Morgan fingerprint density at radius 3 is 1.81 bits per heavy atom. The molecule has 0 spiro atoms. The second-order valence-electron chi connectivity index (χ2n) is 3.21. The predicted octanol–water partition coefficient (Wildman–Crippen LogP) is -0.0146. The summed E-state index contributed by atoms with van der Waals surface area (Å²) < 4.78 is 10.3. The van der Waals surface area contributed by atoms with E-state index in [0.717, 1.165) is 13.1 Å². The average molecular weight is 222 g/mol. The average Bonchev–Trinajstić information content (AvgIpc) is 2.96. The number of hydrogen-bond donors (Lipinski definition) is 0. The summed E-state index contributed by atoms with van der Waals surface area (Å²) in [5.41, 5.74) is 0. The highest BCUT2D eigenvalue weighted by molar-refractivity contribution is 6.27. The molecule has 0 saturated heterocycles. The molecule has 2 heterocycles. The van der Waals surface area contributed by atoms with Gasteiger partial charge in [0.05, 0.1) is 38.6 Å². The summed E-state index contributed by atoms with van der Waals surface area (Å²) in [5.74, 6) is 1.24. The summed E-state index contributed by atoms with van der Waals surface area (Å²) >= 11 is 0. The van der Waals surface area contributed by atoms with Crippen LogP contribution in [-0.2, 0) is 9.47 Å². The highest BCUT2D eigenvalue weighted by atomic mass is 16.5. The molecule has 2 aliphatic heterocycles. The molecule has 0 radical (unpaired) electrons. The number of aliphatic imine (C=N–C) groups is 4. The molecule has 0 saturated carbocycles. The molecule has 6 heteroatoms. The molecular formula is C10H14N4O2. The van der Waals surface area contributed by atoms with Gasteiger partial charge in [0, 0.05) is 0 Å². The molecule has 0 aromatic rings. The van der Waals surface area contributed by atoms with Gasteiger partial charge in [0.15, 0.2) is 0 Å². The molecule has 86 valence electrons. The number of hydrogen-bond acceptors (Lipinski definition) is 6. The van der Waals surface area contributed by atoms with E-state index in [1.165, 1.54) is 0 Å². The molecule has 0 unspecified atom stereocenters. The smallest absolute Gasteiger partial charge is 0.227 e. The minimum Gasteiger partial charge on any atom is -0.475 e. The van der Waals surface area contributed by atoms with Crippen molar-refractivity contribution in [2.75, 3.05) is 39.4 Å². The monoisotopic (exact) mass is 222 g/mol. The van der Waals surface area contributed by atoms with Gasteiger partial charge in [0.1, 0.15) is 13.2 Å². The van der Waals surface area contributed by atoms with Gasteiger partial charge < -0.3 is 9.47 Å². The lowest BCUT2D eigenvalue weighted by atomic mass is 10.6. The van der Waals surface area contributed by atoms with E-state index in [-0.39, 0.29) is 0 Å². The van der Waals surface area contributed by atoms with E-state index in [0.29, 0.717) is 38.1 Å². The zero-order valence-corrected chi connectivity index (χ0v) is 9.00. The van der Waals surface area contributed by atoms with Crippen molar-refractivity contribution in [3.63, 3.8) is 0 Å². The van der Waals surface area contributed by atoms with Crippen LogP contribution >= 0.6 is 0 Å². The molecule has 0 aliphatic carbocycles. The molecule has 0 N–H and O–H groups in total.